The zero-order valence-corrected chi connectivity index (χ0v) is 17.5. The third kappa shape index (κ3) is 4.49. The highest BCUT2D eigenvalue weighted by Crippen LogP contribution is 2.37. The van der Waals surface area contributed by atoms with Crippen molar-refractivity contribution in [3.05, 3.63) is 41.1 Å². The molecule has 0 saturated carbocycles. The van der Waals surface area contributed by atoms with Gasteiger partial charge in [-0.15, -0.1) is 0 Å². The van der Waals surface area contributed by atoms with Crippen LogP contribution in [0.15, 0.2) is 24.3 Å². The lowest BCUT2D eigenvalue weighted by atomic mass is 10.1. The molecule has 1 aromatic carbocycles. The van der Waals surface area contributed by atoms with Gasteiger partial charge in [0, 0.05) is 23.6 Å². The van der Waals surface area contributed by atoms with Crippen LogP contribution >= 0.6 is 11.8 Å². The van der Waals surface area contributed by atoms with Crippen LogP contribution in [-0.4, -0.2) is 35.2 Å². The van der Waals surface area contributed by atoms with E-state index in [1.54, 1.807) is 23.6 Å². The van der Waals surface area contributed by atoms with Crippen molar-refractivity contribution in [1.82, 2.24) is 15.1 Å². The molecule has 0 saturated heterocycles. The lowest BCUT2D eigenvalue weighted by Gasteiger charge is -2.23. The smallest absolute Gasteiger partial charge is 0.314 e. The lowest BCUT2D eigenvalue weighted by Crippen LogP contribution is -2.38. The Bertz CT molecular complexity index is 886. The lowest BCUT2D eigenvalue weighted by molar-refractivity contribution is -0.136. The van der Waals surface area contributed by atoms with Crippen LogP contribution < -0.4 is 15.4 Å². The fraction of sp³-hybridized carbons (Fsp3) is 0.450. The van der Waals surface area contributed by atoms with E-state index in [0.717, 1.165) is 34.1 Å². The number of aromatic nitrogens is 2. The van der Waals surface area contributed by atoms with E-state index in [2.05, 4.69) is 15.7 Å². The van der Waals surface area contributed by atoms with Crippen molar-refractivity contribution in [3.63, 3.8) is 0 Å². The highest BCUT2D eigenvalue weighted by atomic mass is 32.2. The Balaban J connectivity index is 1.61. The Morgan fingerprint density at radius 1 is 1.25 bits per heavy atom. The molecule has 2 amide bonds. The van der Waals surface area contributed by atoms with Crippen molar-refractivity contribution in [1.29, 1.82) is 0 Å². The molecule has 8 heteroatoms. The summed E-state index contributed by atoms with van der Waals surface area (Å²) in [4.78, 5) is 24.7. The summed E-state index contributed by atoms with van der Waals surface area (Å²) in [5.74, 6) is 1.69. The number of fused-ring (bicyclic) bond motifs is 1. The van der Waals surface area contributed by atoms with Crippen LogP contribution in [0.5, 0.6) is 5.75 Å². The summed E-state index contributed by atoms with van der Waals surface area (Å²) < 4.78 is 7.00. The second-order valence-corrected chi connectivity index (χ2v) is 8.65. The number of benzene rings is 1. The third-order valence-electron chi connectivity index (χ3n) is 4.46. The number of carbonyl (C=O) groups is 2. The van der Waals surface area contributed by atoms with E-state index >= 15 is 0 Å². The van der Waals surface area contributed by atoms with E-state index in [-0.39, 0.29) is 5.54 Å². The van der Waals surface area contributed by atoms with Crippen molar-refractivity contribution >= 4 is 29.4 Å². The zero-order valence-electron chi connectivity index (χ0n) is 16.7. The van der Waals surface area contributed by atoms with Crippen LogP contribution in [0.3, 0.4) is 0 Å². The first-order valence-electron chi connectivity index (χ1n) is 9.20. The molecule has 1 aliphatic rings. The highest BCUT2D eigenvalue weighted by molar-refractivity contribution is 7.98. The number of nitrogens with zero attached hydrogens (tertiary/aromatic N) is 2. The monoisotopic (exact) mass is 402 g/mol. The summed E-state index contributed by atoms with van der Waals surface area (Å²) in [5, 5.41) is 10.1. The van der Waals surface area contributed by atoms with Crippen molar-refractivity contribution < 1.29 is 14.3 Å². The first-order chi connectivity index (χ1) is 13.3. The van der Waals surface area contributed by atoms with Crippen molar-refractivity contribution in [2.24, 2.45) is 0 Å². The summed E-state index contributed by atoms with van der Waals surface area (Å²) in [6.07, 6.45) is 0.613. The number of hydrogen-bond donors (Lipinski definition) is 2. The molecule has 0 bridgehead atoms. The van der Waals surface area contributed by atoms with Crippen molar-refractivity contribution in [2.75, 3.05) is 19.0 Å². The molecule has 150 valence electrons. The number of thioether (sulfide) groups is 1. The fourth-order valence-corrected chi connectivity index (χ4v) is 4.05. The standard InChI is InChI=1S/C20H26N4O3S/c1-20(2,3)24-17(15-11-28-12-16(15)23-24)22-19(26)18(25)21-9-8-13-6-5-7-14(10-13)27-4/h5-7,10H,8-9,11-12H2,1-4H3,(H,21,25)(H,22,26). The van der Waals surface area contributed by atoms with Gasteiger partial charge in [0.2, 0.25) is 0 Å². The minimum Gasteiger partial charge on any atom is -0.497 e. The summed E-state index contributed by atoms with van der Waals surface area (Å²) in [7, 11) is 1.61. The number of nitrogens with one attached hydrogen (secondary N) is 2. The first kappa shape index (κ1) is 20.3. The van der Waals surface area contributed by atoms with E-state index < -0.39 is 11.8 Å². The SMILES string of the molecule is COc1cccc(CCNC(=O)C(=O)Nc2c3c(nn2C(C)(C)C)CSC3)c1. The van der Waals surface area contributed by atoms with Gasteiger partial charge in [0.15, 0.2) is 0 Å². The maximum Gasteiger partial charge on any atom is 0.314 e. The van der Waals surface area contributed by atoms with E-state index in [1.807, 2.05) is 45.0 Å². The Morgan fingerprint density at radius 2 is 2.04 bits per heavy atom. The maximum absolute atomic E-state index is 12.4. The van der Waals surface area contributed by atoms with Gasteiger partial charge in [-0.1, -0.05) is 12.1 Å². The predicted octanol–water partition coefficient (Wildman–Crippen LogP) is 2.69. The molecule has 0 unspecified atom stereocenters. The second kappa shape index (κ2) is 8.26. The Kier molecular flexibility index (Phi) is 5.98. The van der Waals surface area contributed by atoms with Crippen LogP contribution in [0.4, 0.5) is 5.82 Å². The number of amides is 2. The largest absolute Gasteiger partial charge is 0.497 e. The van der Waals surface area contributed by atoms with Gasteiger partial charge in [-0.2, -0.15) is 16.9 Å². The Labute approximate surface area is 169 Å². The molecule has 2 aromatic rings. The van der Waals surface area contributed by atoms with Gasteiger partial charge >= 0.3 is 11.8 Å². The number of ether oxygens (including phenoxy) is 1. The van der Waals surface area contributed by atoms with Gasteiger partial charge in [0.1, 0.15) is 11.6 Å². The Hall–Kier alpha value is -2.48. The molecule has 0 spiro atoms. The Morgan fingerprint density at radius 3 is 2.75 bits per heavy atom. The average molecular weight is 403 g/mol. The molecule has 3 rings (SSSR count). The molecule has 0 atom stereocenters. The normalized spacial score (nSPS) is 13.1. The van der Waals surface area contributed by atoms with Crippen molar-refractivity contribution in [2.45, 2.75) is 44.2 Å². The number of hydrogen-bond acceptors (Lipinski definition) is 5. The third-order valence-corrected chi connectivity index (χ3v) is 5.43. The van der Waals surface area contributed by atoms with E-state index in [4.69, 9.17) is 4.74 Å². The molecular formula is C20H26N4O3S. The van der Waals surface area contributed by atoms with Crippen LogP contribution in [0.1, 0.15) is 37.6 Å². The van der Waals surface area contributed by atoms with Gasteiger partial charge in [-0.3, -0.25) is 9.59 Å². The summed E-state index contributed by atoms with van der Waals surface area (Å²) in [6.45, 7) is 6.43. The molecule has 0 aliphatic carbocycles. The molecule has 0 radical (unpaired) electrons. The molecular weight excluding hydrogens is 376 g/mol. The second-order valence-electron chi connectivity index (χ2n) is 7.66. The maximum atomic E-state index is 12.4. The molecule has 28 heavy (non-hydrogen) atoms. The molecule has 2 heterocycles. The van der Waals surface area contributed by atoms with E-state index in [0.29, 0.717) is 18.8 Å². The van der Waals surface area contributed by atoms with Gasteiger partial charge in [-0.25, -0.2) is 4.68 Å². The minimum absolute atomic E-state index is 0.291. The van der Waals surface area contributed by atoms with E-state index in [9.17, 15) is 9.59 Å². The number of methoxy groups -OCH3 is 1. The number of anilines is 1. The molecule has 1 aliphatic heterocycles. The average Bonchev–Trinajstić information content (AvgIpc) is 3.24. The van der Waals surface area contributed by atoms with Crippen LogP contribution in [0, 0.1) is 0 Å². The first-order valence-corrected chi connectivity index (χ1v) is 10.4. The molecule has 7 nitrogen and oxygen atoms in total. The summed E-state index contributed by atoms with van der Waals surface area (Å²) in [6, 6.07) is 7.63. The molecule has 2 N–H and O–H groups in total. The minimum atomic E-state index is -0.671. The van der Waals surface area contributed by atoms with Gasteiger partial charge in [0.25, 0.3) is 0 Å². The van der Waals surface area contributed by atoms with Crippen LogP contribution in [-0.2, 0) is 33.1 Å². The van der Waals surface area contributed by atoms with Gasteiger partial charge in [-0.05, 0) is 44.9 Å². The topological polar surface area (TPSA) is 85.2 Å². The summed E-state index contributed by atoms with van der Waals surface area (Å²) in [5.41, 5.74) is 2.73. The summed E-state index contributed by atoms with van der Waals surface area (Å²) >= 11 is 1.76. The quantitative estimate of drug-likeness (QED) is 0.751. The predicted molar refractivity (Wildman–Crippen MR) is 111 cm³/mol. The van der Waals surface area contributed by atoms with Crippen LogP contribution in [0.25, 0.3) is 0 Å². The number of rotatable bonds is 5. The number of carbonyl (C=O) groups excluding carboxylic acids is 2. The molecule has 1 aromatic heterocycles. The van der Waals surface area contributed by atoms with Gasteiger partial charge in [0.05, 0.1) is 18.3 Å². The van der Waals surface area contributed by atoms with Crippen molar-refractivity contribution in [3.8, 4) is 5.75 Å². The zero-order chi connectivity index (χ0) is 20.3. The van der Waals surface area contributed by atoms with E-state index in [1.165, 1.54) is 0 Å². The van der Waals surface area contributed by atoms with Crippen LogP contribution in [0.2, 0.25) is 0 Å². The molecule has 0 fully saturated rings. The van der Waals surface area contributed by atoms with Gasteiger partial charge < -0.3 is 15.4 Å². The highest BCUT2D eigenvalue weighted by Gasteiger charge is 2.29. The fourth-order valence-electron chi connectivity index (χ4n) is 3.02.